The number of rotatable bonds is 3. The summed E-state index contributed by atoms with van der Waals surface area (Å²) in [5, 5.41) is 0. The van der Waals surface area contributed by atoms with E-state index < -0.39 is 0 Å². The fourth-order valence-electron chi connectivity index (χ4n) is 4.32. The number of nitrogens with zero attached hydrogens (tertiary/aromatic N) is 1. The first kappa shape index (κ1) is 12.0. The van der Waals surface area contributed by atoms with Gasteiger partial charge >= 0.3 is 0 Å². The summed E-state index contributed by atoms with van der Waals surface area (Å²) in [7, 11) is 0. The lowest BCUT2D eigenvalue weighted by Gasteiger charge is -2.47. The van der Waals surface area contributed by atoms with Crippen LogP contribution in [0.15, 0.2) is 0 Å². The van der Waals surface area contributed by atoms with Crippen LogP contribution >= 0.6 is 0 Å². The van der Waals surface area contributed by atoms with Gasteiger partial charge in [-0.15, -0.1) is 0 Å². The lowest BCUT2D eigenvalue weighted by molar-refractivity contribution is 0.0475. The van der Waals surface area contributed by atoms with Crippen LogP contribution in [-0.4, -0.2) is 30.1 Å². The van der Waals surface area contributed by atoms with Gasteiger partial charge in [-0.25, -0.2) is 0 Å². The Hall–Kier alpha value is -0.0800. The van der Waals surface area contributed by atoms with E-state index in [-0.39, 0.29) is 0 Å². The van der Waals surface area contributed by atoms with Crippen LogP contribution in [-0.2, 0) is 0 Å². The number of nitrogens with two attached hydrogens (primary N) is 1. The lowest BCUT2D eigenvalue weighted by atomic mass is 9.73. The Kier molecular flexibility index (Phi) is 3.20. The largest absolute Gasteiger partial charge is 0.329 e. The van der Waals surface area contributed by atoms with E-state index >= 15 is 0 Å². The predicted octanol–water partition coefficient (Wildman–Crippen LogP) is 2.63. The van der Waals surface area contributed by atoms with Crippen LogP contribution in [0.4, 0.5) is 0 Å². The van der Waals surface area contributed by atoms with E-state index in [1.54, 1.807) is 0 Å². The van der Waals surface area contributed by atoms with Crippen molar-refractivity contribution in [1.82, 2.24) is 4.90 Å². The topological polar surface area (TPSA) is 29.3 Å². The van der Waals surface area contributed by atoms with Gasteiger partial charge in [0.2, 0.25) is 0 Å². The zero-order valence-electron chi connectivity index (χ0n) is 11.3. The summed E-state index contributed by atoms with van der Waals surface area (Å²) in [6.07, 6.45) is 10.1. The molecule has 2 saturated carbocycles. The Morgan fingerprint density at radius 1 is 1.18 bits per heavy atom. The lowest BCUT2D eigenvalue weighted by Crippen LogP contribution is -2.55. The van der Waals surface area contributed by atoms with Crippen LogP contribution in [0.3, 0.4) is 0 Å². The maximum absolute atomic E-state index is 6.20. The molecule has 3 atom stereocenters. The van der Waals surface area contributed by atoms with Gasteiger partial charge in [0.25, 0.3) is 0 Å². The molecule has 0 aromatic rings. The number of hydrogen-bond acceptors (Lipinski definition) is 2. The third-order valence-corrected chi connectivity index (χ3v) is 5.62. The monoisotopic (exact) mass is 236 g/mol. The van der Waals surface area contributed by atoms with Gasteiger partial charge in [-0.05, 0) is 56.4 Å². The van der Waals surface area contributed by atoms with Crippen molar-refractivity contribution in [3.63, 3.8) is 0 Å². The van der Waals surface area contributed by atoms with Gasteiger partial charge in [0, 0.05) is 18.6 Å². The van der Waals surface area contributed by atoms with Crippen molar-refractivity contribution in [2.24, 2.45) is 23.5 Å². The zero-order valence-corrected chi connectivity index (χ0v) is 11.3. The van der Waals surface area contributed by atoms with Gasteiger partial charge in [-0.1, -0.05) is 19.8 Å². The average molecular weight is 236 g/mol. The highest BCUT2D eigenvalue weighted by atomic mass is 15.2. The van der Waals surface area contributed by atoms with Gasteiger partial charge in [0.1, 0.15) is 0 Å². The van der Waals surface area contributed by atoms with Crippen molar-refractivity contribution in [2.75, 3.05) is 19.6 Å². The summed E-state index contributed by atoms with van der Waals surface area (Å²) >= 11 is 0. The molecule has 3 rings (SSSR count). The molecule has 1 aliphatic heterocycles. The smallest absolute Gasteiger partial charge is 0.0334 e. The van der Waals surface area contributed by atoms with E-state index in [9.17, 15) is 0 Å². The quantitative estimate of drug-likeness (QED) is 0.816. The summed E-state index contributed by atoms with van der Waals surface area (Å²) in [4.78, 5) is 2.76. The van der Waals surface area contributed by atoms with Gasteiger partial charge in [-0.3, -0.25) is 4.90 Å². The van der Waals surface area contributed by atoms with E-state index in [0.717, 1.165) is 24.3 Å². The molecule has 0 radical (unpaired) electrons. The summed E-state index contributed by atoms with van der Waals surface area (Å²) in [6.45, 7) is 5.89. The Morgan fingerprint density at radius 3 is 2.59 bits per heavy atom. The summed E-state index contributed by atoms with van der Waals surface area (Å²) < 4.78 is 0. The molecule has 0 amide bonds. The fraction of sp³-hybridized carbons (Fsp3) is 1.00. The molecule has 0 aromatic heterocycles. The summed E-state index contributed by atoms with van der Waals surface area (Å²) in [6, 6.07) is 0. The molecule has 3 fully saturated rings. The predicted molar refractivity (Wildman–Crippen MR) is 71.8 cm³/mol. The van der Waals surface area contributed by atoms with E-state index in [0.29, 0.717) is 5.54 Å². The highest BCUT2D eigenvalue weighted by Crippen LogP contribution is 2.48. The average Bonchev–Trinajstić information content (AvgIpc) is 3.12. The molecule has 17 heavy (non-hydrogen) atoms. The molecule has 2 aliphatic carbocycles. The molecule has 1 heterocycles. The van der Waals surface area contributed by atoms with E-state index in [4.69, 9.17) is 5.73 Å². The molecule has 3 aliphatic rings. The number of hydrogen-bond donors (Lipinski definition) is 1. The van der Waals surface area contributed by atoms with Crippen LogP contribution in [0.2, 0.25) is 0 Å². The van der Waals surface area contributed by atoms with Gasteiger partial charge < -0.3 is 5.73 Å². The van der Waals surface area contributed by atoms with E-state index in [1.807, 2.05) is 0 Å². The highest BCUT2D eigenvalue weighted by molar-refractivity contribution is 5.01. The maximum atomic E-state index is 6.20. The SMILES string of the molecule is CC1CCN(C2(CN)CCCC(C3CC3)C2)C1. The van der Waals surface area contributed by atoms with Crippen molar-refractivity contribution in [1.29, 1.82) is 0 Å². The molecule has 0 bridgehead atoms. The Balaban J connectivity index is 1.71. The standard InChI is InChI=1S/C15H28N2/c1-12-6-8-17(10-12)15(11-16)7-2-3-14(9-15)13-4-5-13/h12-14H,2-11,16H2,1H3. The Bertz CT molecular complexity index is 274. The second-order valence-corrected chi connectivity index (χ2v) is 6.96. The van der Waals surface area contributed by atoms with Crippen LogP contribution in [0.25, 0.3) is 0 Å². The van der Waals surface area contributed by atoms with Crippen molar-refractivity contribution in [3.05, 3.63) is 0 Å². The molecule has 2 N–H and O–H groups in total. The maximum Gasteiger partial charge on any atom is 0.0334 e. The first-order chi connectivity index (χ1) is 8.23. The minimum atomic E-state index is 0.385. The minimum absolute atomic E-state index is 0.385. The second-order valence-electron chi connectivity index (χ2n) is 6.96. The van der Waals surface area contributed by atoms with Crippen molar-refractivity contribution >= 4 is 0 Å². The van der Waals surface area contributed by atoms with Gasteiger partial charge in [0.05, 0.1) is 0 Å². The Morgan fingerprint density at radius 2 is 2.00 bits per heavy atom. The van der Waals surface area contributed by atoms with Crippen molar-refractivity contribution < 1.29 is 0 Å². The van der Waals surface area contributed by atoms with Gasteiger partial charge in [-0.2, -0.15) is 0 Å². The van der Waals surface area contributed by atoms with Gasteiger partial charge in [0.15, 0.2) is 0 Å². The van der Waals surface area contributed by atoms with Crippen molar-refractivity contribution in [2.45, 2.75) is 57.4 Å². The summed E-state index contributed by atoms with van der Waals surface area (Å²) in [5.74, 6) is 2.96. The molecule has 2 heteroatoms. The molecule has 3 unspecified atom stereocenters. The molecule has 2 nitrogen and oxygen atoms in total. The Labute approximate surface area is 106 Å². The van der Waals surface area contributed by atoms with Crippen molar-refractivity contribution in [3.8, 4) is 0 Å². The molecule has 0 spiro atoms. The fourth-order valence-corrected chi connectivity index (χ4v) is 4.32. The minimum Gasteiger partial charge on any atom is -0.329 e. The highest BCUT2D eigenvalue weighted by Gasteiger charge is 2.45. The van der Waals surface area contributed by atoms with Crippen LogP contribution in [0.1, 0.15) is 51.9 Å². The molecule has 1 saturated heterocycles. The number of likely N-dealkylation sites (tertiary alicyclic amines) is 1. The van der Waals surface area contributed by atoms with E-state index in [2.05, 4.69) is 11.8 Å². The molecule has 0 aromatic carbocycles. The molecular formula is C15H28N2. The molecule has 98 valence electrons. The molecular weight excluding hydrogens is 208 g/mol. The van der Waals surface area contributed by atoms with Crippen LogP contribution < -0.4 is 5.73 Å². The third kappa shape index (κ3) is 2.26. The zero-order chi connectivity index (χ0) is 11.9. The summed E-state index contributed by atoms with van der Waals surface area (Å²) in [5.41, 5.74) is 6.59. The first-order valence-electron chi connectivity index (χ1n) is 7.69. The normalized spacial score (nSPS) is 44.1. The second kappa shape index (κ2) is 4.55. The van der Waals surface area contributed by atoms with Crippen LogP contribution in [0.5, 0.6) is 0 Å². The van der Waals surface area contributed by atoms with E-state index in [1.165, 1.54) is 58.0 Å². The third-order valence-electron chi connectivity index (χ3n) is 5.62. The first-order valence-corrected chi connectivity index (χ1v) is 7.69. The van der Waals surface area contributed by atoms with Crippen LogP contribution in [0, 0.1) is 17.8 Å².